The molecule has 3 aromatic rings. The molecule has 0 aliphatic rings. The molecule has 114 valence electrons. The summed E-state index contributed by atoms with van der Waals surface area (Å²) in [7, 11) is 0. The van der Waals surface area contributed by atoms with Crippen LogP contribution in [0.4, 0.5) is 0 Å². The van der Waals surface area contributed by atoms with Crippen LogP contribution >= 0.6 is 0 Å². The molecule has 0 spiro atoms. The van der Waals surface area contributed by atoms with Crippen molar-refractivity contribution in [3.05, 3.63) is 70.4 Å². The summed E-state index contributed by atoms with van der Waals surface area (Å²) in [5.41, 5.74) is 3.74. The third-order valence-electron chi connectivity index (χ3n) is 3.28. The molecule has 7 nitrogen and oxygen atoms in total. The Kier molecular flexibility index (Phi) is 3.92. The molecule has 0 bridgehead atoms. The average molecular weight is 307 g/mol. The molecule has 2 N–H and O–H groups in total. The summed E-state index contributed by atoms with van der Waals surface area (Å²) < 4.78 is 0. The number of pyridine rings is 3. The summed E-state index contributed by atoms with van der Waals surface area (Å²) >= 11 is 0. The van der Waals surface area contributed by atoms with E-state index in [0.717, 1.165) is 5.56 Å². The molecule has 0 aliphatic heterocycles. The molecule has 23 heavy (non-hydrogen) atoms. The maximum Gasteiger partial charge on any atom is 0.276 e. The number of amides is 1. The summed E-state index contributed by atoms with van der Waals surface area (Å²) in [5, 5.41) is 4.69. The van der Waals surface area contributed by atoms with Gasteiger partial charge in [0.05, 0.1) is 5.71 Å². The van der Waals surface area contributed by atoms with E-state index in [2.05, 4.69) is 25.5 Å². The highest BCUT2D eigenvalue weighted by atomic mass is 16.2. The van der Waals surface area contributed by atoms with Gasteiger partial charge in [-0.3, -0.25) is 14.6 Å². The van der Waals surface area contributed by atoms with Gasteiger partial charge in [-0.25, -0.2) is 10.4 Å². The fraction of sp³-hybridized carbons (Fsp3) is 0.0625. The van der Waals surface area contributed by atoms with E-state index in [1.807, 2.05) is 0 Å². The standard InChI is InChI=1S/C16H13N5O2/c1-10(11-4-7-17-8-5-11)20-21-16(23)13-9-12-3-2-6-18-14(12)19-15(13)22/h2-9H,1H3,(H,21,23)(H,18,19,22)/b20-10+. The number of aromatic amines is 1. The molecule has 7 heteroatoms. The predicted octanol–water partition coefficient (Wildman–Crippen LogP) is 1.47. The van der Waals surface area contributed by atoms with Crippen LogP contribution < -0.4 is 11.0 Å². The molecule has 0 unspecified atom stereocenters. The van der Waals surface area contributed by atoms with Gasteiger partial charge in [-0.05, 0) is 37.3 Å². The minimum Gasteiger partial charge on any atom is -0.306 e. The zero-order valence-electron chi connectivity index (χ0n) is 12.3. The van der Waals surface area contributed by atoms with Crippen LogP contribution in [0, 0.1) is 0 Å². The maximum atomic E-state index is 12.2. The van der Waals surface area contributed by atoms with Crippen LogP contribution in [0.5, 0.6) is 0 Å². The lowest BCUT2D eigenvalue weighted by Crippen LogP contribution is -2.27. The summed E-state index contributed by atoms with van der Waals surface area (Å²) in [5.74, 6) is -0.578. The van der Waals surface area contributed by atoms with E-state index in [4.69, 9.17) is 0 Å². The van der Waals surface area contributed by atoms with Gasteiger partial charge < -0.3 is 4.98 Å². The molecule has 0 fully saturated rings. The molecule has 0 radical (unpaired) electrons. The van der Waals surface area contributed by atoms with Crippen molar-refractivity contribution < 1.29 is 4.79 Å². The van der Waals surface area contributed by atoms with E-state index in [9.17, 15) is 9.59 Å². The van der Waals surface area contributed by atoms with Gasteiger partial charge in [0.2, 0.25) is 0 Å². The number of hydrogen-bond acceptors (Lipinski definition) is 5. The van der Waals surface area contributed by atoms with E-state index in [1.54, 1.807) is 49.8 Å². The first-order valence-corrected chi connectivity index (χ1v) is 6.88. The lowest BCUT2D eigenvalue weighted by Gasteiger charge is -2.03. The second kappa shape index (κ2) is 6.18. The normalized spacial score (nSPS) is 11.4. The van der Waals surface area contributed by atoms with Crippen LogP contribution in [-0.2, 0) is 0 Å². The minimum atomic E-state index is -0.578. The Morgan fingerprint density at radius 2 is 2.00 bits per heavy atom. The summed E-state index contributed by atoms with van der Waals surface area (Å²) in [6.07, 6.45) is 4.84. The Hall–Kier alpha value is -3.35. The zero-order chi connectivity index (χ0) is 16.2. The van der Waals surface area contributed by atoms with Crippen molar-refractivity contribution in [1.29, 1.82) is 0 Å². The molecule has 0 saturated heterocycles. The SMILES string of the molecule is C/C(=N\NC(=O)c1cc2cccnc2[nH]c1=O)c1ccncc1. The van der Waals surface area contributed by atoms with Crippen molar-refractivity contribution in [2.45, 2.75) is 6.92 Å². The number of carbonyl (C=O) groups excluding carboxylic acids is 1. The quantitative estimate of drug-likeness (QED) is 0.565. The van der Waals surface area contributed by atoms with Gasteiger partial charge in [-0.1, -0.05) is 0 Å². The van der Waals surface area contributed by atoms with Gasteiger partial charge in [0.1, 0.15) is 11.2 Å². The molecule has 3 rings (SSSR count). The van der Waals surface area contributed by atoms with Crippen molar-refractivity contribution in [3.63, 3.8) is 0 Å². The number of rotatable bonds is 3. The number of H-pyrrole nitrogens is 1. The van der Waals surface area contributed by atoms with Crippen LogP contribution in [0.2, 0.25) is 0 Å². The first kappa shape index (κ1) is 14.6. The summed E-state index contributed by atoms with van der Waals surface area (Å²) in [6.45, 7) is 1.75. The summed E-state index contributed by atoms with van der Waals surface area (Å²) in [4.78, 5) is 34.7. The number of aromatic nitrogens is 3. The monoisotopic (exact) mass is 307 g/mol. The molecular weight excluding hydrogens is 294 g/mol. The highest BCUT2D eigenvalue weighted by Crippen LogP contribution is 2.07. The highest BCUT2D eigenvalue weighted by molar-refractivity contribution is 6.01. The van der Waals surface area contributed by atoms with E-state index in [-0.39, 0.29) is 5.56 Å². The molecule has 1 amide bonds. The van der Waals surface area contributed by atoms with E-state index < -0.39 is 11.5 Å². The number of hydrogen-bond donors (Lipinski definition) is 2. The molecule has 0 aromatic carbocycles. The van der Waals surface area contributed by atoms with Crippen LogP contribution in [0.15, 0.2) is 58.8 Å². The van der Waals surface area contributed by atoms with E-state index >= 15 is 0 Å². The third-order valence-corrected chi connectivity index (χ3v) is 3.28. The molecule has 0 aliphatic carbocycles. The first-order valence-electron chi connectivity index (χ1n) is 6.88. The second-order valence-electron chi connectivity index (χ2n) is 4.83. The lowest BCUT2D eigenvalue weighted by atomic mass is 10.2. The molecule has 0 saturated carbocycles. The van der Waals surface area contributed by atoms with Gasteiger partial charge in [0.25, 0.3) is 11.5 Å². The molecule has 3 aromatic heterocycles. The van der Waals surface area contributed by atoms with Crippen molar-refractivity contribution in [3.8, 4) is 0 Å². The Morgan fingerprint density at radius 1 is 1.22 bits per heavy atom. The first-order chi connectivity index (χ1) is 11.1. The van der Waals surface area contributed by atoms with E-state index in [0.29, 0.717) is 16.7 Å². The zero-order valence-corrected chi connectivity index (χ0v) is 12.3. The Labute approximate surface area is 131 Å². The fourth-order valence-corrected chi connectivity index (χ4v) is 2.06. The van der Waals surface area contributed by atoms with Crippen LogP contribution in [-0.4, -0.2) is 26.6 Å². The van der Waals surface area contributed by atoms with Gasteiger partial charge in [0, 0.05) is 29.5 Å². The molecule has 0 atom stereocenters. The Balaban J connectivity index is 1.86. The summed E-state index contributed by atoms with van der Waals surface area (Å²) in [6, 6.07) is 8.54. The number of carbonyl (C=O) groups is 1. The van der Waals surface area contributed by atoms with Crippen LogP contribution in [0.3, 0.4) is 0 Å². The topological polar surface area (TPSA) is 100 Å². The number of hydrazone groups is 1. The van der Waals surface area contributed by atoms with Gasteiger partial charge in [0.15, 0.2) is 0 Å². The maximum absolute atomic E-state index is 12.2. The highest BCUT2D eigenvalue weighted by Gasteiger charge is 2.11. The Morgan fingerprint density at radius 3 is 2.78 bits per heavy atom. The number of nitrogens with zero attached hydrogens (tertiary/aromatic N) is 3. The largest absolute Gasteiger partial charge is 0.306 e. The molecule has 3 heterocycles. The van der Waals surface area contributed by atoms with Crippen molar-refractivity contribution in [2.24, 2.45) is 5.10 Å². The lowest BCUT2D eigenvalue weighted by molar-refractivity contribution is 0.0953. The van der Waals surface area contributed by atoms with Crippen molar-refractivity contribution in [1.82, 2.24) is 20.4 Å². The second-order valence-corrected chi connectivity index (χ2v) is 4.83. The smallest absolute Gasteiger partial charge is 0.276 e. The van der Waals surface area contributed by atoms with Crippen molar-refractivity contribution >= 4 is 22.7 Å². The predicted molar refractivity (Wildman–Crippen MR) is 86.3 cm³/mol. The number of fused-ring (bicyclic) bond motifs is 1. The van der Waals surface area contributed by atoms with Gasteiger partial charge >= 0.3 is 0 Å². The average Bonchev–Trinajstić information content (AvgIpc) is 2.59. The van der Waals surface area contributed by atoms with E-state index in [1.165, 1.54) is 6.07 Å². The minimum absolute atomic E-state index is 0.0169. The molecular formula is C16H13N5O2. The van der Waals surface area contributed by atoms with Crippen LogP contribution in [0.25, 0.3) is 11.0 Å². The fourth-order valence-electron chi connectivity index (χ4n) is 2.06. The Bertz CT molecular complexity index is 947. The third kappa shape index (κ3) is 3.13. The van der Waals surface area contributed by atoms with Crippen LogP contribution in [0.1, 0.15) is 22.8 Å². The number of nitrogens with one attached hydrogen (secondary N) is 2. The van der Waals surface area contributed by atoms with Gasteiger partial charge in [-0.2, -0.15) is 5.10 Å². The van der Waals surface area contributed by atoms with Gasteiger partial charge in [-0.15, -0.1) is 0 Å². The van der Waals surface area contributed by atoms with Crippen molar-refractivity contribution in [2.75, 3.05) is 0 Å².